The van der Waals surface area contributed by atoms with Crippen LogP contribution in [0.3, 0.4) is 0 Å². The van der Waals surface area contributed by atoms with Crippen molar-refractivity contribution >= 4 is 90.7 Å². The van der Waals surface area contributed by atoms with Gasteiger partial charge in [0, 0.05) is 98.1 Å². The molecule has 6 aromatic heterocycles. The highest BCUT2D eigenvalue weighted by atomic mass is 79.9. The molecule has 3 fully saturated rings. The van der Waals surface area contributed by atoms with E-state index in [0.717, 1.165) is 46.8 Å². The summed E-state index contributed by atoms with van der Waals surface area (Å²) in [6.45, 7) is 15.4. The molecule has 3 aliphatic heterocycles. The zero-order chi connectivity index (χ0) is 58.4. The van der Waals surface area contributed by atoms with E-state index in [9.17, 15) is 28.0 Å². The second-order valence-electron chi connectivity index (χ2n) is 19.9. The lowest BCUT2D eigenvalue weighted by atomic mass is 9.80. The number of rotatable bonds is 5. The predicted molar refractivity (Wildman–Crippen MR) is 320 cm³/mol. The van der Waals surface area contributed by atoms with Gasteiger partial charge >= 0.3 is 13.2 Å². The van der Waals surface area contributed by atoms with Crippen molar-refractivity contribution in [2.24, 2.45) is 0 Å². The van der Waals surface area contributed by atoms with Crippen LogP contribution >= 0.6 is 43.5 Å². The van der Waals surface area contributed by atoms with Crippen LogP contribution in [0.5, 0.6) is 5.75 Å². The van der Waals surface area contributed by atoms with Crippen molar-refractivity contribution in [3.63, 3.8) is 0 Å². The number of hydrogen-bond acceptors (Lipinski definition) is 15. The first-order valence-corrected chi connectivity index (χ1v) is 28.0. The Balaban J connectivity index is 0.000000158. The Labute approximate surface area is 488 Å². The molecular weight excluding hydrogens is 1200 g/mol. The van der Waals surface area contributed by atoms with Crippen LogP contribution in [0.1, 0.15) is 45.6 Å². The number of nitrogens with zero attached hydrogens (tertiary/aromatic N) is 9. The second kappa shape index (κ2) is 28.8. The van der Waals surface area contributed by atoms with Gasteiger partial charge < -0.3 is 44.9 Å². The molecule has 0 saturated carbocycles. The third kappa shape index (κ3) is 17.6. The summed E-state index contributed by atoms with van der Waals surface area (Å²) in [5, 5.41) is 24.0. The number of fused-ring (bicyclic) bond motifs is 3. The van der Waals surface area contributed by atoms with Gasteiger partial charge in [0.2, 0.25) is 0 Å². The molecule has 3 aliphatic rings. The Morgan fingerprint density at radius 1 is 0.630 bits per heavy atom. The molecule has 2 aromatic carbocycles. The fourth-order valence-electron chi connectivity index (χ4n) is 8.45. The Bertz CT molecular complexity index is 3640. The highest BCUT2D eigenvalue weighted by molar-refractivity contribution is 9.10. The maximum absolute atomic E-state index is 14.0. The van der Waals surface area contributed by atoms with Crippen molar-refractivity contribution < 1.29 is 33.1 Å². The van der Waals surface area contributed by atoms with E-state index in [1.807, 2.05) is 37.8 Å². The van der Waals surface area contributed by atoms with Gasteiger partial charge in [-0.3, -0.25) is 27.6 Å². The van der Waals surface area contributed by atoms with Crippen LogP contribution in [-0.4, -0.2) is 134 Å². The first-order chi connectivity index (χ1) is 38.7. The normalized spacial score (nSPS) is 14.3. The quantitative estimate of drug-likeness (QED) is 0.0999. The summed E-state index contributed by atoms with van der Waals surface area (Å²) in [4.78, 5) is 67.4. The molecule has 0 atom stereocenters. The minimum atomic E-state index is -1.59. The molecule has 11 rings (SSSR count). The monoisotopic (exact) mass is 1260 g/mol. The van der Waals surface area contributed by atoms with E-state index in [0.29, 0.717) is 65.9 Å². The number of halogens is 5. The van der Waals surface area contributed by atoms with Crippen LogP contribution in [0.4, 0.5) is 25.2 Å². The van der Waals surface area contributed by atoms with E-state index in [4.69, 9.17) is 31.1 Å². The summed E-state index contributed by atoms with van der Waals surface area (Å²) in [5.74, 6) is 0.658. The molecule has 428 valence electrons. The van der Waals surface area contributed by atoms with Gasteiger partial charge in [-0.25, -0.2) is 28.5 Å². The summed E-state index contributed by atoms with van der Waals surface area (Å²) in [5.41, 5.74) is 2.82. The minimum Gasteiger partial charge on any atom is -0.494 e. The molecule has 81 heavy (non-hydrogen) atoms. The average Bonchev–Trinajstić information content (AvgIpc) is 3.46. The van der Waals surface area contributed by atoms with Crippen molar-refractivity contribution in [1.29, 1.82) is 0 Å². The summed E-state index contributed by atoms with van der Waals surface area (Å²) < 4.78 is 43.1. The largest absolute Gasteiger partial charge is 0.494 e. The van der Waals surface area contributed by atoms with Gasteiger partial charge in [-0.15, -0.1) is 0 Å². The van der Waals surface area contributed by atoms with Crippen molar-refractivity contribution in [2.45, 2.75) is 52.6 Å². The smallest absolute Gasteiger partial charge is 0.488 e. The number of aromatic nitrogens is 6. The second-order valence-corrected chi connectivity index (χ2v) is 22.1. The number of pyridine rings is 3. The molecular formula is C56H63BBr2ClF2N11O8. The number of carbonyl (C=O) groups is 1. The van der Waals surface area contributed by atoms with Gasteiger partial charge in [-0.2, -0.15) is 0 Å². The molecule has 25 heteroatoms. The van der Waals surface area contributed by atoms with Crippen molar-refractivity contribution in [1.82, 2.24) is 43.7 Å². The van der Waals surface area contributed by atoms with Crippen molar-refractivity contribution in [3.8, 4) is 16.9 Å². The lowest BCUT2D eigenvalue weighted by molar-refractivity contribution is 0.0240. The molecule has 0 aliphatic carbocycles. The van der Waals surface area contributed by atoms with E-state index in [2.05, 4.69) is 62.3 Å². The average molecular weight is 1260 g/mol. The van der Waals surface area contributed by atoms with Crippen LogP contribution < -0.4 is 47.3 Å². The minimum absolute atomic E-state index is 0.129. The number of amides is 1. The molecule has 9 heterocycles. The van der Waals surface area contributed by atoms with Crippen LogP contribution in [-0.2, 0) is 4.74 Å². The highest BCUT2D eigenvalue weighted by Gasteiger charge is 2.27. The van der Waals surface area contributed by atoms with E-state index in [1.54, 1.807) is 72.9 Å². The molecule has 0 spiro atoms. The Kier molecular flexibility index (Phi) is 21.9. The molecule has 4 N–H and O–H groups in total. The molecule has 1 amide bonds. The molecule has 0 radical (unpaired) electrons. The Hall–Kier alpha value is -6.80. The first-order valence-electron chi connectivity index (χ1n) is 26.1. The van der Waals surface area contributed by atoms with E-state index >= 15 is 0 Å². The van der Waals surface area contributed by atoms with Crippen molar-refractivity contribution in [2.75, 3.05) is 82.4 Å². The predicted octanol–water partition coefficient (Wildman–Crippen LogP) is 7.12. The lowest BCUT2D eigenvalue weighted by Crippen LogP contribution is -2.50. The number of nitrogens with one attached hydrogen (secondary N) is 2. The number of piperazine rings is 2. The highest BCUT2D eigenvalue weighted by Crippen LogP contribution is 2.26. The lowest BCUT2D eigenvalue weighted by Gasteiger charge is -2.36. The van der Waals surface area contributed by atoms with Crippen LogP contribution in [0.15, 0.2) is 133 Å². The number of carbonyl (C=O) groups excluding carboxylic acids is 1. The van der Waals surface area contributed by atoms with Gasteiger partial charge in [-0.1, -0.05) is 36.2 Å². The standard InChI is InChI=1S/C19H19FN4O2.C17H21BrN4O3.C8H4BrClN2O.C7H8BFO2.C5H11N/c1-26-16-4-2-13(10-15(16)20)14-3-5-17-22-18(11-19(25)24(17)12-14)23-8-6-21-7-9-23;1-17(2,3)25-16(24)21-8-6-20(7-9-21)14-10-15(23)22-11-12(18)4-5-13(22)19-14;9-5-1-2-7-11-6(10)3-8(13)12(7)4-5;1-5-2-3-6(8(10)11)4-7(5)9;1-2-4-6-5-3-1/h2-5,10-12,21H,6-9H2,1H3;4-5,10-11H,6-9H2,1-3H3;1-4H;2-4,10-11H,1H3;6H,1-5H2. The number of benzene rings is 2. The summed E-state index contributed by atoms with van der Waals surface area (Å²) >= 11 is 12.2. The summed E-state index contributed by atoms with van der Waals surface area (Å²) in [7, 11) is -0.167. The van der Waals surface area contributed by atoms with Gasteiger partial charge in [0.25, 0.3) is 16.7 Å². The number of hydrogen-bond donors (Lipinski definition) is 4. The fraction of sp³-hybridized carbons (Fsp3) is 0.339. The molecule has 0 unspecified atom stereocenters. The van der Waals surface area contributed by atoms with Gasteiger partial charge in [0.1, 0.15) is 45.1 Å². The fourth-order valence-corrected chi connectivity index (χ4v) is 9.31. The summed E-state index contributed by atoms with van der Waals surface area (Å²) in [6.07, 6.45) is 8.96. The number of anilines is 2. The Morgan fingerprint density at radius 2 is 1.15 bits per heavy atom. The van der Waals surface area contributed by atoms with Gasteiger partial charge in [0.15, 0.2) is 11.6 Å². The number of aryl methyl sites for hydroxylation is 1. The maximum atomic E-state index is 14.0. The number of methoxy groups -OCH3 is 1. The molecule has 8 aromatic rings. The van der Waals surface area contributed by atoms with Crippen molar-refractivity contribution in [3.05, 3.63) is 172 Å². The molecule has 19 nitrogen and oxygen atoms in total. The van der Waals surface area contributed by atoms with Gasteiger partial charge in [0.05, 0.1) is 7.11 Å². The third-order valence-electron chi connectivity index (χ3n) is 12.7. The van der Waals surface area contributed by atoms with Crippen LogP contribution in [0.2, 0.25) is 5.15 Å². The van der Waals surface area contributed by atoms with Crippen LogP contribution in [0.25, 0.3) is 28.1 Å². The number of ether oxygens (including phenoxy) is 2. The third-order valence-corrected chi connectivity index (χ3v) is 13.9. The van der Waals surface area contributed by atoms with E-state index in [1.165, 1.54) is 83.0 Å². The SMILES string of the molecule is C1CCNCC1.CC(C)(C)OC(=O)N1CCN(c2cc(=O)n3cc(Br)ccc3n2)CC1.COc1ccc(-c2ccc3nc(N4CCNCC4)cc(=O)n3c2)cc1F.Cc1ccc(B(O)O)cc1F.O=c1cc(Cl)nc2ccc(Br)cn12. The topological polar surface area (TPSA) is 213 Å². The maximum Gasteiger partial charge on any atom is 0.488 e. The number of piperidine rings is 1. The Morgan fingerprint density at radius 3 is 1.65 bits per heavy atom. The molecule has 3 saturated heterocycles. The zero-order valence-corrected chi connectivity index (χ0v) is 49.3. The molecule has 0 bridgehead atoms. The van der Waals surface area contributed by atoms with E-state index < -0.39 is 24.4 Å². The zero-order valence-electron chi connectivity index (χ0n) is 45.4. The van der Waals surface area contributed by atoms with Gasteiger partial charge in [-0.05, 0) is 162 Å². The van der Waals surface area contributed by atoms with Crippen LogP contribution in [0, 0.1) is 18.6 Å². The summed E-state index contributed by atoms with van der Waals surface area (Å²) in [6, 6.07) is 24.0. The van der Waals surface area contributed by atoms with E-state index in [-0.39, 0.29) is 39.1 Å². The first kappa shape index (κ1) is 61.8.